The molecule has 0 atom stereocenters. The molecule has 3 aromatic rings. The second-order valence-corrected chi connectivity index (χ2v) is 6.82. The summed E-state index contributed by atoms with van der Waals surface area (Å²) in [4.78, 5) is 27.0. The van der Waals surface area contributed by atoms with Crippen molar-refractivity contribution in [2.24, 2.45) is 0 Å². The molecule has 0 heterocycles. The molecule has 0 radical (unpaired) electrons. The van der Waals surface area contributed by atoms with Crippen molar-refractivity contribution in [3.05, 3.63) is 101 Å². The summed E-state index contributed by atoms with van der Waals surface area (Å²) in [5.41, 5.74) is 2.62. The van der Waals surface area contributed by atoms with Crippen LogP contribution in [0.15, 0.2) is 78.9 Å². The summed E-state index contributed by atoms with van der Waals surface area (Å²) in [7, 11) is 1.65. The zero-order valence-corrected chi connectivity index (χ0v) is 16.3. The lowest BCUT2D eigenvalue weighted by Crippen LogP contribution is -2.31. The Morgan fingerprint density at radius 3 is 2.39 bits per heavy atom. The van der Waals surface area contributed by atoms with E-state index in [1.165, 1.54) is 4.90 Å². The number of rotatable bonds is 6. The van der Waals surface area contributed by atoms with E-state index in [1.54, 1.807) is 55.6 Å². The summed E-state index contributed by atoms with van der Waals surface area (Å²) in [6.45, 7) is 0.517. The first-order valence-electron chi connectivity index (χ1n) is 9.01. The molecule has 0 spiro atoms. The van der Waals surface area contributed by atoms with Gasteiger partial charge in [0.05, 0.1) is 11.3 Å². The molecule has 28 heavy (non-hydrogen) atoms. The van der Waals surface area contributed by atoms with E-state index in [4.69, 9.17) is 11.6 Å². The molecule has 1 N–H and O–H groups in total. The Bertz CT molecular complexity index is 973. The average Bonchev–Trinajstić information content (AvgIpc) is 2.73. The van der Waals surface area contributed by atoms with Crippen molar-refractivity contribution < 1.29 is 9.59 Å². The van der Waals surface area contributed by atoms with Gasteiger partial charge in [0, 0.05) is 24.2 Å². The Balaban J connectivity index is 1.72. The monoisotopic (exact) mass is 392 g/mol. The van der Waals surface area contributed by atoms with Crippen LogP contribution in [0, 0.1) is 0 Å². The van der Waals surface area contributed by atoms with E-state index in [1.807, 2.05) is 30.3 Å². The van der Waals surface area contributed by atoms with Gasteiger partial charge in [0.1, 0.15) is 0 Å². The third-order valence-electron chi connectivity index (χ3n) is 4.43. The molecule has 0 saturated carbocycles. The van der Waals surface area contributed by atoms with Crippen molar-refractivity contribution in [2.45, 2.75) is 6.42 Å². The fraction of sp³-hybridized carbons (Fsp3) is 0.130. The molecule has 0 unspecified atom stereocenters. The maximum Gasteiger partial charge on any atom is 0.258 e. The minimum absolute atomic E-state index is 0.211. The van der Waals surface area contributed by atoms with Crippen LogP contribution in [0.4, 0.5) is 5.69 Å². The van der Waals surface area contributed by atoms with Gasteiger partial charge in [-0.15, -0.1) is 0 Å². The predicted octanol–water partition coefficient (Wildman–Crippen LogP) is 4.59. The van der Waals surface area contributed by atoms with Crippen LogP contribution < -0.4 is 10.2 Å². The van der Waals surface area contributed by atoms with Gasteiger partial charge in [0.15, 0.2) is 0 Å². The van der Waals surface area contributed by atoms with Gasteiger partial charge in [-0.05, 0) is 42.3 Å². The molecule has 0 bridgehead atoms. The van der Waals surface area contributed by atoms with E-state index in [0.29, 0.717) is 28.4 Å². The molecule has 142 valence electrons. The molecule has 0 saturated heterocycles. The fourth-order valence-electron chi connectivity index (χ4n) is 2.94. The number of nitrogens with zero attached hydrogens (tertiary/aromatic N) is 1. The summed E-state index contributed by atoms with van der Waals surface area (Å²) in [5.74, 6) is -0.440. The van der Waals surface area contributed by atoms with Crippen LogP contribution in [0.5, 0.6) is 0 Å². The van der Waals surface area contributed by atoms with Gasteiger partial charge >= 0.3 is 0 Å². The first-order chi connectivity index (χ1) is 13.6. The van der Waals surface area contributed by atoms with Gasteiger partial charge in [-0.25, -0.2) is 0 Å². The van der Waals surface area contributed by atoms with E-state index in [9.17, 15) is 9.59 Å². The standard InChI is InChI=1S/C23H21ClN2O2/c1-26(23(28)18-10-7-11-19(24)16-18)21-13-6-5-12-20(21)22(27)25-15-14-17-8-3-2-4-9-17/h2-13,16H,14-15H2,1H3,(H,25,27). The topological polar surface area (TPSA) is 49.4 Å². The molecule has 0 aromatic heterocycles. The first kappa shape index (κ1) is 19.6. The van der Waals surface area contributed by atoms with Crippen LogP contribution in [-0.4, -0.2) is 25.4 Å². The summed E-state index contributed by atoms with van der Waals surface area (Å²) in [6.07, 6.45) is 0.742. The van der Waals surface area contributed by atoms with E-state index in [-0.39, 0.29) is 11.8 Å². The van der Waals surface area contributed by atoms with Crippen molar-refractivity contribution in [3.63, 3.8) is 0 Å². The lowest BCUT2D eigenvalue weighted by Gasteiger charge is -2.20. The number of hydrogen-bond donors (Lipinski definition) is 1. The van der Waals surface area contributed by atoms with E-state index >= 15 is 0 Å². The highest BCUT2D eigenvalue weighted by Gasteiger charge is 2.19. The number of benzene rings is 3. The Hall–Kier alpha value is -3.11. The highest BCUT2D eigenvalue weighted by Crippen LogP contribution is 2.22. The normalized spacial score (nSPS) is 10.4. The van der Waals surface area contributed by atoms with Crippen LogP contribution in [0.2, 0.25) is 5.02 Å². The third-order valence-corrected chi connectivity index (χ3v) is 4.66. The fourth-order valence-corrected chi connectivity index (χ4v) is 3.13. The Morgan fingerprint density at radius 1 is 0.929 bits per heavy atom. The van der Waals surface area contributed by atoms with E-state index in [0.717, 1.165) is 12.0 Å². The lowest BCUT2D eigenvalue weighted by molar-refractivity contribution is 0.0954. The number of carbonyl (C=O) groups excluding carboxylic acids is 2. The van der Waals surface area contributed by atoms with Crippen molar-refractivity contribution in [1.82, 2.24) is 5.32 Å². The molecule has 0 aliphatic carbocycles. The number of carbonyl (C=O) groups is 2. The maximum atomic E-state index is 12.8. The molecule has 3 rings (SSSR count). The van der Waals surface area contributed by atoms with E-state index < -0.39 is 0 Å². The summed E-state index contributed by atoms with van der Waals surface area (Å²) < 4.78 is 0. The smallest absolute Gasteiger partial charge is 0.258 e. The van der Waals surface area contributed by atoms with Gasteiger partial charge < -0.3 is 10.2 Å². The number of amides is 2. The maximum absolute atomic E-state index is 12.8. The molecule has 4 nitrogen and oxygen atoms in total. The molecule has 0 fully saturated rings. The Morgan fingerprint density at radius 2 is 1.64 bits per heavy atom. The van der Waals surface area contributed by atoms with Crippen LogP contribution in [-0.2, 0) is 6.42 Å². The molecular formula is C23H21ClN2O2. The quantitative estimate of drug-likeness (QED) is 0.667. The van der Waals surface area contributed by atoms with Crippen molar-refractivity contribution in [3.8, 4) is 0 Å². The van der Waals surface area contributed by atoms with Crippen LogP contribution >= 0.6 is 11.6 Å². The number of para-hydroxylation sites is 1. The molecule has 5 heteroatoms. The van der Waals surface area contributed by atoms with Crippen molar-refractivity contribution in [2.75, 3.05) is 18.5 Å². The number of nitrogens with one attached hydrogen (secondary N) is 1. The molecule has 3 aromatic carbocycles. The number of hydrogen-bond acceptors (Lipinski definition) is 2. The van der Waals surface area contributed by atoms with Gasteiger partial charge in [0.25, 0.3) is 11.8 Å². The number of anilines is 1. The minimum Gasteiger partial charge on any atom is -0.352 e. The van der Waals surface area contributed by atoms with Gasteiger partial charge in [-0.3, -0.25) is 9.59 Å². The second-order valence-electron chi connectivity index (χ2n) is 6.38. The van der Waals surface area contributed by atoms with Crippen LogP contribution in [0.25, 0.3) is 0 Å². The average molecular weight is 393 g/mol. The highest BCUT2D eigenvalue weighted by molar-refractivity contribution is 6.31. The van der Waals surface area contributed by atoms with Gasteiger partial charge in [-0.1, -0.05) is 60.1 Å². The largest absolute Gasteiger partial charge is 0.352 e. The van der Waals surface area contributed by atoms with E-state index in [2.05, 4.69) is 5.32 Å². The van der Waals surface area contributed by atoms with Crippen molar-refractivity contribution >= 4 is 29.1 Å². The summed E-state index contributed by atoms with van der Waals surface area (Å²) >= 11 is 5.99. The van der Waals surface area contributed by atoms with Crippen LogP contribution in [0.1, 0.15) is 26.3 Å². The van der Waals surface area contributed by atoms with Crippen LogP contribution in [0.3, 0.4) is 0 Å². The highest BCUT2D eigenvalue weighted by atomic mass is 35.5. The molecular weight excluding hydrogens is 372 g/mol. The SMILES string of the molecule is CN(C(=O)c1cccc(Cl)c1)c1ccccc1C(=O)NCCc1ccccc1. The second kappa shape index (κ2) is 9.20. The first-order valence-corrected chi connectivity index (χ1v) is 9.39. The third kappa shape index (κ3) is 4.78. The minimum atomic E-state index is -0.230. The molecule has 2 amide bonds. The van der Waals surface area contributed by atoms with Gasteiger partial charge in [0.2, 0.25) is 0 Å². The van der Waals surface area contributed by atoms with Gasteiger partial charge in [-0.2, -0.15) is 0 Å². The molecule has 0 aliphatic heterocycles. The summed E-state index contributed by atoms with van der Waals surface area (Å²) in [6, 6.07) is 23.8. The predicted molar refractivity (Wildman–Crippen MR) is 113 cm³/mol. The molecule has 0 aliphatic rings. The summed E-state index contributed by atoms with van der Waals surface area (Å²) in [5, 5.41) is 3.42. The Kier molecular flexibility index (Phi) is 6.45. The Labute approximate surface area is 169 Å². The van der Waals surface area contributed by atoms with Crippen molar-refractivity contribution in [1.29, 1.82) is 0 Å². The zero-order chi connectivity index (χ0) is 19.9. The zero-order valence-electron chi connectivity index (χ0n) is 15.6. The number of halogens is 1. The lowest BCUT2D eigenvalue weighted by atomic mass is 10.1.